The molecule has 0 aliphatic carbocycles. The number of allylic oxidation sites excluding steroid dienone is 2. The quantitative estimate of drug-likeness (QED) is 0.266. The third kappa shape index (κ3) is 3.10. The predicted octanol–water partition coefficient (Wildman–Crippen LogP) is 2.02. The van der Waals surface area contributed by atoms with Gasteiger partial charge in [0.25, 0.3) is 0 Å². The lowest BCUT2D eigenvalue weighted by Gasteiger charge is -2.10. The molecule has 0 aliphatic rings. The highest BCUT2D eigenvalue weighted by molar-refractivity contribution is 6.33. The van der Waals surface area contributed by atoms with Crippen molar-refractivity contribution in [3.8, 4) is 0 Å². The highest BCUT2D eigenvalue weighted by atomic mass is 16.1. The Morgan fingerprint density at radius 1 is 0.895 bits per heavy atom. The fourth-order valence-corrected chi connectivity index (χ4v) is 1.85. The first-order valence-corrected chi connectivity index (χ1v) is 5.71. The van der Waals surface area contributed by atoms with E-state index in [1.54, 1.807) is 24.3 Å². The zero-order chi connectivity index (χ0) is 14.6. The summed E-state index contributed by atoms with van der Waals surface area (Å²) in [6.45, 7) is 3.84. The molecule has 0 unspecified atom stereocenters. The third-order valence-electron chi connectivity index (χ3n) is 2.69. The molecule has 0 N–H and O–H groups in total. The number of carbonyl (C=O) groups is 4. The summed E-state index contributed by atoms with van der Waals surface area (Å²) in [5.74, 6) is -1.16. The molecule has 0 atom stereocenters. The van der Waals surface area contributed by atoms with Crippen molar-refractivity contribution in [2.75, 3.05) is 0 Å². The van der Waals surface area contributed by atoms with Gasteiger partial charge in [-0.3, -0.25) is 19.2 Å². The number of rotatable bonds is 5. The molecule has 1 aromatic rings. The molecule has 19 heavy (non-hydrogen) atoms. The van der Waals surface area contributed by atoms with Crippen molar-refractivity contribution in [2.45, 2.75) is 20.8 Å². The summed E-state index contributed by atoms with van der Waals surface area (Å²) in [6, 6.07) is 6.42. The van der Waals surface area contributed by atoms with E-state index in [0.717, 1.165) is 0 Å². The second kappa shape index (κ2) is 6.00. The standard InChI is InChI=1S/C15H14O4/c1-9(17)12-6-4-5-7-13(12)15(11(3)19)14(8-16)10(2)18/h4-8H,1-3H3. The summed E-state index contributed by atoms with van der Waals surface area (Å²) in [4.78, 5) is 45.8. The number of carbonyl (C=O) groups excluding carboxylic acids is 4. The van der Waals surface area contributed by atoms with Crippen LogP contribution in [0.4, 0.5) is 0 Å². The van der Waals surface area contributed by atoms with Crippen molar-refractivity contribution < 1.29 is 19.2 Å². The first kappa shape index (κ1) is 14.7. The van der Waals surface area contributed by atoms with Gasteiger partial charge in [-0.05, 0) is 26.3 Å². The van der Waals surface area contributed by atoms with Crippen molar-refractivity contribution in [1.29, 1.82) is 0 Å². The second-order valence-corrected chi connectivity index (χ2v) is 4.12. The van der Waals surface area contributed by atoms with Gasteiger partial charge < -0.3 is 0 Å². The number of ketones is 3. The van der Waals surface area contributed by atoms with Crippen LogP contribution in [0, 0.1) is 0 Å². The van der Waals surface area contributed by atoms with Gasteiger partial charge in [0.2, 0.25) is 0 Å². The summed E-state index contributed by atoms with van der Waals surface area (Å²) in [6.07, 6.45) is 0.357. The van der Waals surface area contributed by atoms with E-state index in [-0.39, 0.29) is 16.9 Å². The average molecular weight is 258 g/mol. The summed E-state index contributed by atoms with van der Waals surface area (Å²) >= 11 is 0. The van der Waals surface area contributed by atoms with Crippen LogP contribution in [0.3, 0.4) is 0 Å². The predicted molar refractivity (Wildman–Crippen MR) is 70.8 cm³/mol. The highest BCUT2D eigenvalue weighted by Crippen LogP contribution is 2.24. The molecular formula is C15H14O4. The molecule has 0 radical (unpaired) electrons. The lowest BCUT2D eigenvalue weighted by atomic mass is 9.90. The molecule has 0 heterocycles. The molecule has 1 aromatic carbocycles. The van der Waals surface area contributed by atoms with E-state index in [1.165, 1.54) is 20.8 Å². The molecule has 0 bridgehead atoms. The van der Waals surface area contributed by atoms with Gasteiger partial charge in [0.1, 0.15) is 0 Å². The molecule has 0 aliphatic heterocycles. The number of Topliss-reactive ketones (excluding diaryl/α,β-unsaturated/α-hetero) is 3. The Hall–Kier alpha value is -2.36. The Morgan fingerprint density at radius 2 is 1.42 bits per heavy atom. The van der Waals surface area contributed by atoms with Crippen LogP contribution >= 0.6 is 0 Å². The average Bonchev–Trinajstić information content (AvgIpc) is 2.34. The monoisotopic (exact) mass is 258 g/mol. The van der Waals surface area contributed by atoms with E-state index >= 15 is 0 Å². The molecule has 4 heteroatoms. The van der Waals surface area contributed by atoms with Crippen molar-refractivity contribution in [3.63, 3.8) is 0 Å². The Labute approximate surface area is 111 Å². The molecule has 0 aromatic heterocycles. The van der Waals surface area contributed by atoms with Crippen molar-refractivity contribution in [1.82, 2.24) is 0 Å². The molecular weight excluding hydrogens is 244 g/mol. The Balaban J connectivity index is 3.71. The topological polar surface area (TPSA) is 68.3 Å². The van der Waals surface area contributed by atoms with Gasteiger partial charge in [0.05, 0.1) is 5.57 Å². The molecule has 4 nitrogen and oxygen atoms in total. The molecule has 0 saturated carbocycles. The van der Waals surface area contributed by atoms with Gasteiger partial charge in [0.15, 0.2) is 23.6 Å². The van der Waals surface area contributed by atoms with Crippen LogP contribution in [0.25, 0.3) is 5.57 Å². The van der Waals surface area contributed by atoms with Crippen molar-refractivity contribution in [3.05, 3.63) is 41.0 Å². The lowest BCUT2D eigenvalue weighted by Crippen LogP contribution is -2.11. The van der Waals surface area contributed by atoms with Crippen LogP contribution in [0.1, 0.15) is 36.7 Å². The minimum atomic E-state index is -0.501. The van der Waals surface area contributed by atoms with Crippen LogP contribution in [0.2, 0.25) is 0 Å². The maximum Gasteiger partial charge on any atom is 0.163 e. The van der Waals surface area contributed by atoms with E-state index in [9.17, 15) is 19.2 Å². The number of benzene rings is 1. The van der Waals surface area contributed by atoms with Gasteiger partial charge in [-0.15, -0.1) is 0 Å². The minimum Gasteiger partial charge on any atom is -0.298 e. The van der Waals surface area contributed by atoms with Gasteiger partial charge in [-0.2, -0.15) is 0 Å². The molecule has 0 saturated heterocycles. The fraction of sp³-hybridized carbons (Fsp3) is 0.200. The number of hydrogen-bond acceptors (Lipinski definition) is 4. The maximum atomic E-state index is 11.7. The Bertz CT molecular complexity index is 594. The normalized spacial score (nSPS) is 11.5. The first-order valence-electron chi connectivity index (χ1n) is 5.71. The molecule has 1 rings (SSSR count). The molecule has 0 spiro atoms. The van der Waals surface area contributed by atoms with E-state index in [4.69, 9.17) is 0 Å². The van der Waals surface area contributed by atoms with Gasteiger partial charge in [-0.1, -0.05) is 24.3 Å². The van der Waals surface area contributed by atoms with E-state index in [0.29, 0.717) is 17.4 Å². The maximum absolute atomic E-state index is 11.7. The van der Waals surface area contributed by atoms with E-state index < -0.39 is 11.6 Å². The van der Waals surface area contributed by atoms with Crippen LogP contribution in [-0.4, -0.2) is 23.6 Å². The summed E-state index contributed by atoms with van der Waals surface area (Å²) in [5, 5.41) is 0. The van der Waals surface area contributed by atoms with Crippen LogP contribution in [-0.2, 0) is 14.4 Å². The highest BCUT2D eigenvalue weighted by Gasteiger charge is 2.20. The first-order chi connectivity index (χ1) is 8.90. The van der Waals surface area contributed by atoms with Gasteiger partial charge in [0, 0.05) is 11.1 Å². The number of hydrogen-bond donors (Lipinski definition) is 0. The summed E-state index contributed by atoms with van der Waals surface area (Å²) in [7, 11) is 0. The zero-order valence-corrected chi connectivity index (χ0v) is 11.0. The lowest BCUT2D eigenvalue weighted by molar-refractivity contribution is -0.117. The van der Waals surface area contributed by atoms with E-state index in [2.05, 4.69) is 0 Å². The fourth-order valence-electron chi connectivity index (χ4n) is 1.85. The summed E-state index contributed by atoms with van der Waals surface area (Å²) in [5.41, 5.74) is 0.419. The van der Waals surface area contributed by atoms with E-state index in [1.807, 2.05) is 0 Å². The van der Waals surface area contributed by atoms with Gasteiger partial charge in [-0.25, -0.2) is 0 Å². The van der Waals surface area contributed by atoms with Crippen LogP contribution < -0.4 is 0 Å². The Morgan fingerprint density at radius 3 is 1.79 bits per heavy atom. The summed E-state index contributed by atoms with van der Waals surface area (Å²) < 4.78 is 0. The second-order valence-electron chi connectivity index (χ2n) is 4.12. The zero-order valence-electron chi connectivity index (χ0n) is 11.0. The molecule has 98 valence electrons. The SMILES string of the molecule is CC(=O)C(C=O)=C(C(C)=O)c1ccccc1C(C)=O. The smallest absolute Gasteiger partial charge is 0.163 e. The van der Waals surface area contributed by atoms with Gasteiger partial charge >= 0.3 is 0 Å². The minimum absolute atomic E-state index is 0.00620. The van der Waals surface area contributed by atoms with Crippen LogP contribution in [0.15, 0.2) is 29.8 Å². The van der Waals surface area contributed by atoms with Crippen molar-refractivity contribution >= 4 is 29.2 Å². The van der Waals surface area contributed by atoms with Crippen LogP contribution in [0.5, 0.6) is 0 Å². The Kier molecular flexibility index (Phi) is 4.64. The van der Waals surface area contributed by atoms with Crippen molar-refractivity contribution in [2.24, 2.45) is 0 Å². The number of aldehydes is 1. The molecule has 0 fully saturated rings. The molecule has 0 amide bonds. The third-order valence-corrected chi connectivity index (χ3v) is 2.69. The largest absolute Gasteiger partial charge is 0.298 e.